The average Bonchev–Trinajstić information content (AvgIpc) is 2.80. The Morgan fingerprint density at radius 1 is 1.33 bits per heavy atom. The SMILES string of the molecule is CNCCCc1coc(Cc2ccccc2Cl)n1. The first kappa shape index (κ1) is 13.1. The van der Waals surface area contributed by atoms with Gasteiger partial charge in [0.25, 0.3) is 0 Å². The van der Waals surface area contributed by atoms with E-state index in [1.807, 2.05) is 31.3 Å². The third-order valence-electron chi connectivity index (χ3n) is 2.76. The number of hydrogen-bond donors (Lipinski definition) is 1. The van der Waals surface area contributed by atoms with E-state index in [1.165, 1.54) is 0 Å². The first-order chi connectivity index (χ1) is 8.79. The molecule has 0 radical (unpaired) electrons. The summed E-state index contributed by atoms with van der Waals surface area (Å²) in [5.74, 6) is 0.725. The third-order valence-corrected chi connectivity index (χ3v) is 3.13. The van der Waals surface area contributed by atoms with Gasteiger partial charge in [-0.25, -0.2) is 4.98 Å². The van der Waals surface area contributed by atoms with Crippen molar-refractivity contribution in [2.75, 3.05) is 13.6 Å². The van der Waals surface area contributed by atoms with Gasteiger partial charge in [0.2, 0.25) is 0 Å². The lowest BCUT2D eigenvalue weighted by molar-refractivity contribution is 0.506. The second-order valence-corrected chi connectivity index (χ2v) is 4.62. The molecule has 1 N–H and O–H groups in total. The summed E-state index contributed by atoms with van der Waals surface area (Å²) >= 11 is 6.11. The molecule has 0 saturated carbocycles. The van der Waals surface area contributed by atoms with Crippen LogP contribution in [-0.4, -0.2) is 18.6 Å². The van der Waals surface area contributed by atoms with Gasteiger partial charge in [0.1, 0.15) is 6.26 Å². The second kappa shape index (κ2) is 6.57. The van der Waals surface area contributed by atoms with Crippen molar-refractivity contribution in [3.63, 3.8) is 0 Å². The molecule has 2 rings (SSSR count). The standard InChI is InChI=1S/C14H17ClN2O/c1-16-8-4-6-12-10-18-14(17-12)9-11-5-2-3-7-13(11)15/h2-3,5,7,10,16H,4,6,8-9H2,1H3. The van der Waals surface area contributed by atoms with Crippen LogP contribution in [0.2, 0.25) is 5.02 Å². The highest BCUT2D eigenvalue weighted by atomic mass is 35.5. The van der Waals surface area contributed by atoms with Crippen LogP contribution in [-0.2, 0) is 12.8 Å². The zero-order valence-corrected chi connectivity index (χ0v) is 11.2. The van der Waals surface area contributed by atoms with Crippen molar-refractivity contribution in [1.82, 2.24) is 10.3 Å². The highest BCUT2D eigenvalue weighted by Crippen LogP contribution is 2.18. The fourth-order valence-corrected chi connectivity index (χ4v) is 2.00. The van der Waals surface area contributed by atoms with E-state index < -0.39 is 0 Å². The van der Waals surface area contributed by atoms with E-state index in [0.29, 0.717) is 6.42 Å². The lowest BCUT2D eigenvalue weighted by atomic mass is 10.1. The third kappa shape index (κ3) is 3.59. The Labute approximate surface area is 112 Å². The molecule has 3 nitrogen and oxygen atoms in total. The van der Waals surface area contributed by atoms with Crippen molar-refractivity contribution >= 4 is 11.6 Å². The topological polar surface area (TPSA) is 38.1 Å². The van der Waals surface area contributed by atoms with E-state index in [0.717, 1.165) is 41.6 Å². The van der Waals surface area contributed by atoms with E-state index >= 15 is 0 Å². The second-order valence-electron chi connectivity index (χ2n) is 4.21. The molecule has 4 heteroatoms. The molecule has 0 amide bonds. The summed E-state index contributed by atoms with van der Waals surface area (Å²) in [6.07, 6.45) is 4.38. The lowest BCUT2D eigenvalue weighted by Gasteiger charge is -1.99. The van der Waals surface area contributed by atoms with Gasteiger partial charge in [0, 0.05) is 5.02 Å². The number of benzene rings is 1. The molecule has 0 atom stereocenters. The van der Waals surface area contributed by atoms with Crippen LogP contribution in [0.15, 0.2) is 34.9 Å². The van der Waals surface area contributed by atoms with Crippen LogP contribution in [0.1, 0.15) is 23.6 Å². The monoisotopic (exact) mass is 264 g/mol. The summed E-state index contributed by atoms with van der Waals surface area (Å²) in [5, 5.41) is 3.87. The molecule has 0 bridgehead atoms. The Morgan fingerprint density at radius 3 is 2.94 bits per heavy atom. The van der Waals surface area contributed by atoms with Gasteiger partial charge in [-0.3, -0.25) is 0 Å². The minimum Gasteiger partial charge on any atom is -0.448 e. The lowest BCUT2D eigenvalue weighted by Crippen LogP contribution is -2.08. The summed E-state index contributed by atoms with van der Waals surface area (Å²) < 4.78 is 5.46. The van der Waals surface area contributed by atoms with Crippen LogP contribution in [0, 0.1) is 0 Å². The van der Waals surface area contributed by atoms with Gasteiger partial charge >= 0.3 is 0 Å². The van der Waals surface area contributed by atoms with Gasteiger partial charge in [-0.2, -0.15) is 0 Å². The molecule has 0 aliphatic heterocycles. The van der Waals surface area contributed by atoms with Crippen molar-refractivity contribution in [3.8, 4) is 0 Å². The zero-order valence-electron chi connectivity index (χ0n) is 10.4. The Bertz CT molecular complexity index is 496. The fourth-order valence-electron chi connectivity index (χ4n) is 1.80. The Kier molecular flexibility index (Phi) is 4.79. The van der Waals surface area contributed by atoms with Crippen LogP contribution >= 0.6 is 11.6 Å². The number of hydrogen-bond acceptors (Lipinski definition) is 3. The highest BCUT2D eigenvalue weighted by molar-refractivity contribution is 6.31. The number of aryl methyl sites for hydroxylation is 1. The minimum atomic E-state index is 0.645. The minimum absolute atomic E-state index is 0.645. The van der Waals surface area contributed by atoms with E-state index in [-0.39, 0.29) is 0 Å². The first-order valence-electron chi connectivity index (χ1n) is 6.11. The van der Waals surface area contributed by atoms with E-state index in [4.69, 9.17) is 16.0 Å². The molecule has 18 heavy (non-hydrogen) atoms. The Hall–Kier alpha value is -1.32. The normalized spacial score (nSPS) is 10.8. The van der Waals surface area contributed by atoms with Gasteiger partial charge in [0.05, 0.1) is 12.1 Å². The molecule has 2 aromatic rings. The summed E-state index contributed by atoms with van der Waals surface area (Å²) in [5.41, 5.74) is 2.05. The maximum atomic E-state index is 6.11. The van der Waals surface area contributed by atoms with Crippen LogP contribution in [0.25, 0.3) is 0 Å². The molecule has 1 aromatic heterocycles. The van der Waals surface area contributed by atoms with Crippen LogP contribution in [0.4, 0.5) is 0 Å². The van der Waals surface area contributed by atoms with Crippen molar-refractivity contribution in [2.45, 2.75) is 19.3 Å². The zero-order chi connectivity index (χ0) is 12.8. The highest BCUT2D eigenvalue weighted by Gasteiger charge is 2.07. The van der Waals surface area contributed by atoms with Crippen molar-refractivity contribution in [1.29, 1.82) is 0 Å². The van der Waals surface area contributed by atoms with Crippen LogP contribution in [0.5, 0.6) is 0 Å². The molecular formula is C14H17ClN2O. The van der Waals surface area contributed by atoms with Crippen molar-refractivity contribution in [3.05, 3.63) is 52.7 Å². The molecule has 0 spiro atoms. The van der Waals surface area contributed by atoms with Crippen LogP contribution < -0.4 is 5.32 Å². The number of nitrogens with one attached hydrogen (secondary N) is 1. The first-order valence-corrected chi connectivity index (χ1v) is 6.48. The van der Waals surface area contributed by atoms with Gasteiger partial charge in [-0.05, 0) is 38.1 Å². The smallest absolute Gasteiger partial charge is 0.198 e. The number of nitrogens with zero attached hydrogens (tertiary/aromatic N) is 1. The average molecular weight is 265 g/mol. The molecule has 0 aliphatic carbocycles. The predicted octanol–water partition coefficient (Wildman–Crippen LogP) is 3.07. The van der Waals surface area contributed by atoms with Gasteiger partial charge < -0.3 is 9.73 Å². The summed E-state index contributed by atoms with van der Waals surface area (Å²) in [6.45, 7) is 0.993. The van der Waals surface area contributed by atoms with Gasteiger partial charge in [0.15, 0.2) is 5.89 Å². The van der Waals surface area contributed by atoms with E-state index in [2.05, 4.69) is 10.3 Å². The fraction of sp³-hybridized carbons (Fsp3) is 0.357. The molecule has 96 valence electrons. The predicted molar refractivity (Wildman–Crippen MR) is 73.0 cm³/mol. The molecule has 1 heterocycles. The van der Waals surface area contributed by atoms with Gasteiger partial charge in [-0.1, -0.05) is 29.8 Å². The quantitative estimate of drug-likeness (QED) is 0.815. The molecule has 0 fully saturated rings. The van der Waals surface area contributed by atoms with Crippen molar-refractivity contribution < 1.29 is 4.42 Å². The maximum Gasteiger partial charge on any atom is 0.198 e. The van der Waals surface area contributed by atoms with Crippen LogP contribution in [0.3, 0.4) is 0 Å². The summed E-state index contributed by atoms with van der Waals surface area (Å²) in [4.78, 5) is 4.47. The largest absolute Gasteiger partial charge is 0.448 e. The summed E-state index contributed by atoms with van der Waals surface area (Å²) in [6, 6.07) is 7.77. The summed E-state index contributed by atoms with van der Waals surface area (Å²) in [7, 11) is 1.95. The molecule has 1 aromatic carbocycles. The molecular weight excluding hydrogens is 248 g/mol. The Morgan fingerprint density at radius 2 is 2.17 bits per heavy atom. The number of rotatable bonds is 6. The van der Waals surface area contributed by atoms with E-state index in [1.54, 1.807) is 6.26 Å². The van der Waals surface area contributed by atoms with Gasteiger partial charge in [-0.15, -0.1) is 0 Å². The number of oxazole rings is 1. The van der Waals surface area contributed by atoms with Crippen molar-refractivity contribution in [2.24, 2.45) is 0 Å². The Balaban J connectivity index is 1.96. The van der Waals surface area contributed by atoms with E-state index in [9.17, 15) is 0 Å². The molecule has 0 aliphatic rings. The number of halogens is 1. The maximum absolute atomic E-state index is 6.11. The molecule has 0 unspecified atom stereocenters. The number of aromatic nitrogens is 1. The molecule has 0 saturated heterocycles.